The summed E-state index contributed by atoms with van der Waals surface area (Å²) in [6.07, 6.45) is 2.24. The number of hydrogen-bond donors (Lipinski definition) is 0. The van der Waals surface area contributed by atoms with Gasteiger partial charge in [0, 0.05) is 19.0 Å². The van der Waals surface area contributed by atoms with E-state index in [0.717, 1.165) is 21.8 Å². The van der Waals surface area contributed by atoms with Crippen molar-refractivity contribution < 1.29 is 22.0 Å². The van der Waals surface area contributed by atoms with Gasteiger partial charge in [-0.3, -0.25) is 9.69 Å². The molecule has 1 amide bonds. The number of fused-ring (bicyclic) bond motifs is 1. The first kappa shape index (κ1) is 23.7. The number of benzene rings is 2. The van der Waals surface area contributed by atoms with Crippen molar-refractivity contribution in [2.45, 2.75) is 31.2 Å². The maximum atomic E-state index is 14.2. The highest BCUT2D eigenvalue weighted by Crippen LogP contribution is 2.34. The minimum absolute atomic E-state index is 0.124. The summed E-state index contributed by atoms with van der Waals surface area (Å²) in [5.41, 5.74) is 1.89. The third-order valence-electron chi connectivity index (χ3n) is 6.26. The Morgan fingerprint density at radius 1 is 1.14 bits per heavy atom. The largest absolute Gasteiger partial charge is 0.467 e. The summed E-state index contributed by atoms with van der Waals surface area (Å²) in [5, 5.41) is 0.581. The highest BCUT2D eigenvalue weighted by Gasteiger charge is 2.36. The SMILES string of the molecule is Cc1cccc2sc(N(Cc3ccco3)C(=O)C3CCN(S(=O)(=O)c4ccccc4F)CC3)nc12. The molecular weight excluding hydrogens is 489 g/mol. The summed E-state index contributed by atoms with van der Waals surface area (Å²) in [5.74, 6) is -0.651. The van der Waals surface area contributed by atoms with Gasteiger partial charge in [-0.2, -0.15) is 4.31 Å². The van der Waals surface area contributed by atoms with E-state index >= 15 is 0 Å². The predicted molar refractivity (Wildman–Crippen MR) is 132 cm³/mol. The van der Waals surface area contributed by atoms with Gasteiger partial charge in [-0.15, -0.1) is 0 Å². The zero-order chi connectivity index (χ0) is 24.6. The van der Waals surface area contributed by atoms with E-state index in [1.54, 1.807) is 17.2 Å². The molecule has 0 radical (unpaired) electrons. The van der Waals surface area contributed by atoms with Crippen molar-refractivity contribution >= 4 is 42.6 Å². The van der Waals surface area contributed by atoms with Crippen LogP contribution in [0.4, 0.5) is 9.52 Å². The van der Waals surface area contributed by atoms with Crippen molar-refractivity contribution in [2.24, 2.45) is 5.92 Å². The number of hydrogen-bond acceptors (Lipinski definition) is 6. The molecule has 0 bridgehead atoms. The molecule has 1 fully saturated rings. The molecule has 1 aliphatic rings. The number of carbonyl (C=O) groups is 1. The molecule has 1 aliphatic heterocycles. The van der Waals surface area contributed by atoms with E-state index in [0.29, 0.717) is 23.7 Å². The van der Waals surface area contributed by atoms with Crippen LogP contribution in [0.2, 0.25) is 0 Å². The summed E-state index contributed by atoms with van der Waals surface area (Å²) in [7, 11) is -3.97. The Balaban J connectivity index is 1.37. The fraction of sp³-hybridized carbons (Fsp3) is 0.280. The number of aryl methyl sites for hydroxylation is 1. The Morgan fingerprint density at radius 3 is 2.60 bits per heavy atom. The van der Waals surface area contributed by atoms with Crippen LogP contribution in [0.1, 0.15) is 24.2 Å². The van der Waals surface area contributed by atoms with Crippen molar-refractivity contribution in [1.82, 2.24) is 9.29 Å². The number of anilines is 1. The summed E-state index contributed by atoms with van der Waals surface area (Å²) in [4.78, 5) is 19.7. The van der Waals surface area contributed by atoms with Gasteiger partial charge in [0.25, 0.3) is 0 Å². The molecule has 0 saturated carbocycles. The molecule has 0 N–H and O–H groups in total. The number of piperidine rings is 1. The number of halogens is 1. The quantitative estimate of drug-likeness (QED) is 0.364. The normalized spacial score (nSPS) is 15.5. The molecule has 0 aliphatic carbocycles. The number of para-hydroxylation sites is 1. The minimum Gasteiger partial charge on any atom is -0.467 e. The molecular formula is C25H24FN3O4S2. The maximum Gasteiger partial charge on any atom is 0.245 e. The standard InChI is InChI=1S/C25H24FN3O4S2/c1-17-6-4-9-21-23(17)27-25(34-21)29(16-19-7-5-15-33-19)24(30)18-11-13-28(14-12-18)35(31,32)22-10-3-2-8-20(22)26/h2-10,15,18H,11-14,16H2,1H3. The van der Waals surface area contributed by atoms with Gasteiger partial charge in [0.2, 0.25) is 15.9 Å². The lowest BCUT2D eigenvalue weighted by Crippen LogP contribution is -2.44. The lowest BCUT2D eigenvalue weighted by Gasteiger charge is -2.32. The first-order valence-electron chi connectivity index (χ1n) is 11.3. The second-order valence-electron chi connectivity index (χ2n) is 8.53. The summed E-state index contributed by atoms with van der Waals surface area (Å²) in [6, 6.07) is 14.9. The van der Waals surface area contributed by atoms with Crippen LogP contribution in [0, 0.1) is 18.7 Å². The zero-order valence-electron chi connectivity index (χ0n) is 19.1. The number of carbonyl (C=O) groups excluding carboxylic acids is 1. The number of thiazole rings is 1. The van der Waals surface area contributed by atoms with Gasteiger partial charge in [-0.05, 0) is 55.7 Å². The van der Waals surface area contributed by atoms with Gasteiger partial charge >= 0.3 is 0 Å². The van der Waals surface area contributed by atoms with Crippen LogP contribution in [-0.4, -0.2) is 36.7 Å². The zero-order valence-corrected chi connectivity index (χ0v) is 20.7. The fourth-order valence-corrected chi connectivity index (χ4v) is 6.93. The molecule has 0 spiro atoms. The Kier molecular flexibility index (Phi) is 6.43. The van der Waals surface area contributed by atoms with Crippen LogP contribution in [0.15, 0.2) is 70.2 Å². The van der Waals surface area contributed by atoms with Crippen molar-refractivity contribution in [2.75, 3.05) is 18.0 Å². The molecule has 2 aromatic carbocycles. The van der Waals surface area contributed by atoms with Gasteiger partial charge < -0.3 is 4.42 Å². The Morgan fingerprint density at radius 2 is 1.91 bits per heavy atom. The highest BCUT2D eigenvalue weighted by molar-refractivity contribution is 7.89. The van der Waals surface area contributed by atoms with E-state index in [9.17, 15) is 17.6 Å². The molecule has 4 aromatic rings. The van der Waals surface area contributed by atoms with E-state index in [1.807, 2.05) is 31.2 Å². The fourth-order valence-electron chi connectivity index (χ4n) is 4.34. The lowest BCUT2D eigenvalue weighted by molar-refractivity contribution is -0.123. The Labute approximate surface area is 206 Å². The minimum atomic E-state index is -3.97. The van der Waals surface area contributed by atoms with Gasteiger partial charge in [-0.1, -0.05) is 35.6 Å². The second kappa shape index (κ2) is 9.52. The predicted octanol–water partition coefficient (Wildman–Crippen LogP) is 4.97. The molecule has 3 heterocycles. The van der Waals surface area contributed by atoms with E-state index in [-0.39, 0.29) is 36.4 Å². The molecule has 182 valence electrons. The van der Waals surface area contributed by atoms with E-state index in [4.69, 9.17) is 9.40 Å². The third kappa shape index (κ3) is 4.61. The molecule has 0 unspecified atom stereocenters. The van der Waals surface area contributed by atoms with Crippen molar-refractivity contribution in [3.63, 3.8) is 0 Å². The van der Waals surface area contributed by atoms with E-state index in [1.165, 1.54) is 33.8 Å². The molecule has 35 heavy (non-hydrogen) atoms. The molecule has 5 rings (SSSR count). The third-order valence-corrected chi connectivity index (χ3v) is 9.23. The van der Waals surface area contributed by atoms with E-state index in [2.05, 4.69) is 0 Å². The monoisotopic (exact) mass is 513 g/mol. The van der Waals surface area contributed by atoms with Crippen molar-refractivity contribution in [3.05, 3.63) is 78.0 Å². The summed E-state index contributed by atoms with van der Waals surface area (Å²) in [6.45, 7) is 2.50. The topological polar surface area (TPSA) is 83.7 Å². The molecule has 10 heteroatoms. The molecule has 1 saturated heterocycles. The van der Waals surface area contributed by atoms with Crippen molar-refractivity contribution in [3.8, 4) is 0 Å². The number of sulfonamides is 1. The van der Waals surface area contributed by atoms with Crippen LogP contribution in [-0.2, 0) is 21.4 Å². The van der Waals surface area contributed by atoms with Gasteiger partial charge in [0.15, 0.2) is 5.13 Å². The maximum absolute atomic E-state index is 14.2. The Bertz CT molecular complexity index is 1460. The highest BCUT2D eigenvalue weighted by atomic mass is 32.2. The second-order valence-corrected chi connectivity index (χ2v) is 11.4. The van der Waals surface area contributed by atoms with Crippen LogP contribution < -0.4 is 4.90 Å². The number of amides is 1. The van der Waals surface area contributed by atoms with E-state index < -0.39 is 15.8 Å². The van der Waals surface area contributed by atoms with Crippen LogP contribution >= 0.6 is 11.3 Å². The van der Waals surface area contributed by atoms with Crippen LogP contribution in [0.25, 0.3) is 10.2 Å². The molecule has 2 aromatic heterocycles. The van der Waals surface area contributed by atoms with Crippen LogP contribution in [0.5, 0.6) is 0 Å². The van der Waals surface area contributed by atoms with Crippen LogP contribution in [0.3, 0.4) is 0 Å². The van der Waals surface area contributed by atoms with Gasteiger partial charge in [-0.25, -0.2) is 17.8 Å². The average molecular weight is 514 g/mol. The smallest absolute Gasteiger partial charge is 0.245 e. The Hall–Kier alpha value is -3.08. The number of aromatic nitrogens is 1. The summed E-state index contributed by atoms with van der Waals surface area (Å²) < 4.78 is 47.8. The van der Waals surface area contributed by atoms with Gasteiger partial charge in [0.1, 0.15) is 16.5 Å². The number of nitrogens with zero attached hydrogens (tertiary/aromatic N) is 3. The molecule has 0 atom stereocenters. The molecule has 7 nitrogen and oxygen atoms in total. The lowest BCUT2D eigenvalue weighted by atomic mass is 9.96. The first-order valence-corrected chi connectivity index (χ1v) is 13.5. The number of furan rings is 1. The average Bonchev–Trinajstić information content (AvgIpc) is 3.53. The first-order chi connectivity index (χ1) is 16.8. The number of rotatable bonds is 6. The van der Waals surface area contributed by atoms with Gasteiger partial charge in [0.05, 0.1) is 23.0 Å². The summed E-state index contributed by atoms with van der Waals surface area (Å²) >= 11 is 1.44. The van der Waals surface area contributed by atoms with Crippen molar-refractivity contribution in [1.29, 1.82) is 0 Å².